The minimum atomic E-state index is -2.74. The number of aromatic amines is 1. The van der Waals surface area contributed by atoms with E-state index in [9.17, 15) is 18.4 Å². The Balaban J connectivity index is 3.40. The molecule has 0 radical (unpaired) electrons. The highest BCUT2D eigenvalue weighted by atomic mass is 127. The molecule has 0 aromatic carbocycles. The summed E-state index contributed by atoms with van der Waals surface area (Å²) in [5.74, 6) is 0. The second-order valence-corrected chi connectivity index (χ2v) is 3.30. The van der Waals surface area contributed by atoms with Crippen LogP contribution in [0.4, 0.5) is 8.78 Å². The van der Waals surface area contributed by atoms with Crippen LogP contribution in [0.15, 0.2) is 11.0 Å². The lowest BCUT2D eigenvalue weighted by Crippen LogP contribution is -2.15. The van der Waals surface area contributed by atoms with Crippen LogP contribution >= 0.6 is 22.6 Å². The second kappa shape index (κ2) is 3.95. The van der Waals surface area contributed by atoms with Crippen LogP contribution in [0, 0.1) is 3.57 Å². The summed E-state index contributed by atoms with van der Waals surface area (Å²) < 4.78 is 24.2. The number of carbonyl (C=O) groups excluding carboxylic acids is 1. The van der Waals surface area contributed by atoms with Gasteiger partial charge in [0.2, 0.25) is 5.43 Å². The normalized spacial score (nSPS) is 10.5. The van der Waals surface area contributed by atoms with Crippen LogP contribution in [0.5, 0.6) is 0 Å². The van der Waals surface area contributed by atoms with Crippen LogP contribution in [0.1, 0.15) is 22.5 Å². The molecule has 0 saturated carbocycles. The average molecular weight is 299 g/mol. The van der Waals surface area contributed by atoms with Gasteiger partial charge >= 0.3 is 0 Å². The SMILES string of the molecule is O=Cc1c[nH]c(C(F)F)c(I)c1=O. The van der Waals surface area contributed by atoms with E-state index in [0.29, 0.717) is 6.29 Å². The van der Waals surface area contributed by atoms with E-state index in [-0.39, 0.29) is 9.13 Å². The Bertz CT molecular complexity index is 389. The molecule has 0 aliphatic heterocycles. The number of H-pyrrole nitrogens is 1. The van der Waals surface area contributed by atoms with Gasteiger partial charge in [-0.15, -0.1) is 0 Å². The van der Waals surface area contributed by atoms with E-state index in [2.05, 4.69) is 4.98 Å². The van der Waals surface area contributed by atoms with Gasteiger partial charge in [-0.05, 0) is 22.6 Å². The predicted octanol–water partition coefficient (Wildman–Crippen LogP) is 1.73. The number of hydrogen-bond acceptors (Lipinski definition) is 2. The fraction of sp³-hybridized carbons (Fsp3) is 0.143. The maximum absolute atomic E-state index is 12.2. The lowest BCUT2D eigenvalue weighted by molar-refractivity contribution is 0.112. The van der Waals surface area contributed by atoms with E-state index in [1.165, 1.54) is 22.6 Å². The molecule has 1 aromatic rings. The Kier molecular flexibility index (Phi) is 3.12. The van der Waals surface area contributed by atoms with Crippen molar-refractivity contribution in [3.05, 3.63) is 31.2 Å². The maximum Gasteiger partial charge on any atom is 0.279 e. The Morgan fingerprint density at radius 1 is 1.54 bits per heavy atom. The molecule has 1 heterocycles. The van der Waals surface area contributed by atoms with Crippen LogP contribution in [0.2, 0.25) is 0 Å². The van der Waals surface area contributed by atoms with E-state index in [4.69, 9.17) is 0 Å². The number of rotatable bonds is 2. The summed E-state index contributed by atoms with van der Waals surface area (Å²) in [4.78, 5) is 23.6. The zero-order chi connectivity index (χ0) is 10.0. The summed E-state index contributed by atoms with van der Waals surface area (Å²) in [5, 5.41) is 0. The van der Waals surface area contributed by atoms with Crippen molar-refractivity contribution in [2.75, 3.05) is 0 Å². The molecule has 0 amide bonds. The van der Waals surface area contributed by atoms with Crippen molar-refractivity contribution < 1.29 is 13.6 Å². The molecule has 70 valence electrons. The number of pyridine rings is 1. The van der Waals surface area contributed by atoms with Gasteiger partial charge in [-0.2, -0.15) is 0 Å². The van der Waals surface area contributed by atoms with Gasteiger partial charge in [0.05, 0.1) is 14.8 Å². The third-order valence-corrected chi connectivity index (χ3v) is 2.50. The van der Waals surface area contributed by atoms with Crippen LogP contribution in [-0.4, -0.2) is 11.3 Å². The number of nitrogens with one attached hydrogen (secondary N) is 1. The minimum Gasteiger partial charge on any atom is -0.359 e. The van der Waals surface area contributed by atoms with Gasteiger partial charge in [0.15, 0.2) is 6.29 Å². The molecule has 1 N–H and O–H groups in total. The third-order valence-electron chi connectivity index (χ3n) is 1.43. The van der Waals surface area contributed by atoms with Crippen molar-refractivity contribution in [1.29, 1.82) is 0 Å². The first kappa shape index (κ1) is 10.3. The number of hydrogen-bond donors (Lipinski definition) is 1. The van der Waals surface area contributed by atoms with Gasteiger partial charge in [-0.25, -0.2) is 8.78 Å². The van der Waals surface area contributed by atoms with Gasteiger partial charge in [-0.3, -0.25) is 9.59 Å². The highest BCUT2D eigenvalue weighted by Gasteiger charge is 2.15. The third kappa shape index (κ3) is 1.93. The number of carbonyl (C=O) groups is 1. The molecule has 0 bridgehead atoms. The summed E-state index contributed by atoms with van der Waals surface area (Å²) in [7, 11) is 0. The number of alkyl halides is 2. The van der Waals surface area contributed by atoms with E-state index < -0.39 is 17.5 Å². The maximum atomic E-state index is 12.2. The molecule has 0 spiro atoms. The topological polar surface area (TPSA) is 49.9 Å². The molecule has 1 rings (SSSR count). The molecule has 0 fully saturated rings. The zero-order valence-corrected chi connectivity index (χ0v) is 8.34. The number of aromatic nitrogens is 1. The second-order valence-electron chi connectivity index (χ2n) is 2.22. The quantitative estimate of drug-likeness (QED) is 0.668. The monoisotopic (exact) mass is 299 g/mol. The van der Waals surface area contributed by atoms with Crippen LogP contribution < -0.4 is 5.43 Å². The van der Waals surface area contributed by atoms with E-state index >= 15 is 0 Å². The molecular weight excluding hydrogens is 295 g/mol. The Morgan fingerprint density at radius 3 is 2.62 bits per heavy atom. The molecule has 6 heteroatoms. The number of halogens is 3. The van der Waals surface area contributed by atoms with Crippen molar-refractivity contribution in [2.45, 2.75) is 6.43 Å². The van der Waals surface area contributed by atoms with E-state index in [1.807, 2.05) is 0 Å². The zero-order valence-electron chi connectivity index (χ0n) is 6.18. The molecule has 13 heavy (non-hydrogen) atoms. The van der Waals surface area contributed by atoms with Crippen molar-refractivity contribution in [2.24, 2.45) is 0 Å². The molecule has 0 aliphatic carbocycles. The molecule has 0 unspecified atom stereocenters. The first-order chi connectivity index (χ1) is 6.07. The smallest absolute Gasteiger partial charge is 0.279 e. The average Bonchev–Trinajstić information content (AvgIpc) is 2.09. The first-order valence-electron chi connectivity index (χ1n) is 3.22. The minimum absolute atomic E-state index is 0.141. The van der Waals surface area contributed by atoms with Gasteiger partial charge < -0.3 is 4.98 Å². The first-order valence-corrected chi connectivity index (χ1v) is 4.30. The fourth-order valence-corrected chi connectivity index (χ4v) is 1.48. The van der Waals surface area contributed by atoms with Crippen molar-refractivity contribution >= 4 is 28.9 Å². The predicted molar refractivity (Wildman–Crippen MR) is 50.1 cm³/mol. The lowest BCUT2D eigenvalue weighted by Gasteiger charge is -2.02. The molecule has 0 saturated heterocycles. The van der Waals surface area contributed by atoms with Crippen molar-refractivity contribution in [3.8, 4) is 0 Å². The molecule has 3 nitrogen and oxygen atoms in total. The summed E-state index contributed by atoms with van der Waals surface area (Å²) in [5.41, 5.74) is -1.25. The van der Waals surface area contributed by atoms with E-state index in [0.717, 1.165) is 6.20 Å². The van der Waals surface area contributed by atoms with Gasteiger partial charge in [0.1, 0.15) is 0 Å². The fourth-order valence-electron chi connectivity index (χ4n) is 0.780. The Morgan fingerprint density at radius 2 is 2.15 bits per heavy atom. The lowest BCUT2D eigenvalue weighted by atomic mass is 10.2. The Hall–Kier alpha value is -0.790. The molecular formula is C7H4F2INO2. The van der Waals surface area contributed by atoms with Gasteiger partial charge in [-0.1, -0.05) is 0 Å². The number of aldehydes is 1. The summed E-state index contributed by atoms with van der Waals surface area (Å²) in [6.07, 6.45) is -1.42. The van der Waals surface area contributed by atoms with Gasteiger partial charge in [0, 0.05) is 6.20 Å². The van der Waals surface area contributed by atoms with Crippen molar-refractivity contribution in [3.63, 3.8) is 0 Å². The standard InChI is InChI=1S/C7H4F2INO2/c8-7(9)5-4(10)6(13)3(2-12)1-11-5/h1-2,7H,(H,11,13). The largest absolute Gasteiger partial charge is 0.359 e. The highest BCUT2D eigenvalue weighted by Crippen LogP contribution is 2.19. The van der Waals surface area contributed by atoms with Gasteiger partial charge in [0.25, 0.3) is 6.43 Å². The molecule has 0 aliphatic rings. The summed E-state index contributed by atoms with van der Waals surface area (Å²) >= 11 is 1.49. The summed E-state index contributed by atoms with van der Waals surface area (Å²) in [6.45, 7) is 0. The molecule has 1 aromatic heterocycles. The molecule has 0 atom stereocenters. The summed E-state index contributed by atoms with van der Waals surface area (Å²) in [6, 6.07) is 0. The highest BCUT2D eigenvalue weighted by molar-refractivity contribution is 14.1. The Labute approximate surface area is 85.3 Å². The van der Waals surface area contributed by atoms with Crippen molar-refractivity contribution in [1.82, 2.24) is 4.98 Å². The van der Waals surface area contributed by atoms with Crippen LogP contribution in [-0.2, 0) is 0 Å². The van der Waals surface area contributed by atoms with E-state index in [1.54, 1.807) is 0 Å². The van der Waals surface area contributed by atoms with Crippen LogP contribution in [0.25, 0.3) is 0 Å². The van der Waals surface area contributed by atoms with Crippen LogP contribution in [0.3, 0.4) is 0 Å².